The number of thiazole rings is 1. The molecule has 1 fully saturated rings. The summed E-state index contributed by atoms with van der Waals surface area (Å²) >= 11 is 1.40. The van der Waals surface area contributed by atoms with Crippen molar-refractivity contribution < 1.29 is 4.79 Å². The Labute approximate surface area is 142 Å². The first-order valence-corrected chi connectivity index (χ1v) is 8.57. The summed E-state index contributed by atoms with van der Waals surface area (Å²) < 4.78 is 1.86. The molecule has 2 aromatic heterocycles. The van der Waals surface area contributed by atoms with E-state index in [0.29, 0.717) is 16.6 Å². The molecule has 0 unspecified atom stereocenters. The molecule has 4 rings (SSSR count). The van der Waals surface area contributed by atoms with Crippen molar-refractivity contribution in [3.8, 4) is 11.4 Å². The van der Waals surface area contributed by atoms with Gasteiger partial charge in [0.05, 0.1) is 16.7 Å². The Kier molecular flexibility index (Phi) is 3.61. The molecule has 1 aromatic carbocycles. The summed E-state index contributed by atoms with van der Waals surface area (Å²) in [6.07, 6.45) is 2.22. The Hall–Kier alpha value is -2.61. The minimum absolute atomic E-state index is 0.142. The van der Waals surface area contributed by atoms with Crippen LogP contribution in [0, 0.1) is 13.8 Å². The predicted octanol–water partition coefficient (Wildman–Crippen LogP) is 3.00. The predicted molar refractivity (Wildman–Crippen MR) is 91.1 cm³/mol. The Morgan fingerprint density at radius 3 is 2.88 bits per heavy atom. The highest BCUT2D eigenvalue weighted by molar-refractivity contribution is 7.13. The standard InChI is InChI=1S/C16H16N6OS/c1-9-14(24-10(2)17-9)16(23)18-12-5-3-4-11(8-12)15-19-20-21-22(15)13-6-7-13/h3-5,8,13H,6-7H2,1-2H3,(H,18,23). The van der Waals surface area contributed by atoms with E-state index in [-0.39, 0.29) is 5.91 Å². The molecule has 1 saturated carbocycles. The summed E-state index contributed by atoms with van der Waals surface area (Å²) in [7, 11) is 0. The molecule has 3 aromatic rings. The van der Waals surface area contributed by atoms with Crippen LogP contribution in [0.3, 0.4) is 0 Å². The van der Waals surface area contributed by atoms with Crippen LogP contribution < -0.4 is 5.32 Å². The number of hydrogen-bond acceptors (Lipinski definition) is 6. The van der Waals surface area contributed by atoms with Gasteiger partial charge in [-0.3, -0.25) is 4.79 Å². The topological polar surface area (TPSA) is 85.6 Å². The first-order valence-electron chi connectivity index (χ1n) is 7.75. The molecule has 2 heterocycles. The Morgan fingerprint density at radius 1 is 1.33 bits per heavy atom. The largest absolute Gasteiger partial charge is 0.321 e. The summed E-state index contributed by atoms with van der Waals surface area (Å²) in [5.41, 5.74) is 2.36. The van der Waals surface area contributed by atoms with Crippen LogP contribution >= 0.6 is 11.3 Å². The van der Waals surface area contributed by atoms with Gasteiger partial charge < -0.3 is 5.32 Å². The molecular weight excluding hydrogens is 324 g/mol. The third-order valence-electron chi connectivity index (χ3n) is 3.87. The zero-order valence-corrected chi connectivity index (χ0v) is 14.2. The molecule has 1 amide bonds. The molecule has 0 saturated heterocycles. The molecule has 1 aliphatic rings. The normalized spacial score (nSPS) is 13.9. The Bertz CT molecular complexity index is 911. The summed E-state index contributed by atoms with van der Waals surface area (Å²) in [6.45, 7) is 3.74. The van der Waals surface area contributed by atoms with Crippen LogP contribution in [0.4, 0.5) is 5.69 Å². The summed E-state index contributed by atoms with van der Waals surface area (Å²) in [5.74, 6) is 0.593. The van der Waals surface area contributed by atoms with Crippen LogP contribution in [0.2, 0.25) is 0 Å². The summed E-state index contributed by atoms with van der Waals surface area (Å²) in [5, 5.41) is 15.8. The highest BCUT2D eigenvalue weighted by Crippen LogP contribution is 2.36. The van der Waals surface area contributed by atoms with Crippen LogP contribution in [0.5, 0.6) is 0 Å². The second-order valence-electron chi connectivity index (χ2n) is 5.86. The van der Waals surface area contributed by atoms with Crippen molar-refractivity contribution in [1.82, 2.24) is 25.2 Å². The van der Waals surface area contributed by atoms with E-state index < -0.39 is 0 Å². The van der Waals surface area contributed by atoms with Gasteiger partial charge in [0, 0.05) is 11.3 Å². The van der Waals surface area contributed by atoms with Crippen molar-refractivity contribution >= 4 is 22.9 Å². The Balaban J connectivity index is 1.60. The van der Waals surface area contributed by atoms with Crippen LogP contribution in [0.1, 0.15) is 39.3 Å². The van der Waals surface area contributed by atoms with Gasteiger partial charge in [-0.25, -0.2) is 9.67 Å². The lowest BCUT2D eigenvalue weighted by atomic mass is 10.2. The summed E-state index contributed by atoms with van der Waals surface area (Å²) in [6, 6.07) is 7.99. The number of amides is 1. The van der Waals surface area contributed by atoms with E-state index in [9.17, 15) is 4.79 Å². The highest BCUT2D eigenvalue weighted by atomic mass is 32.1. The van der Waals surface area contributed by atoms with Crippen molar-refractivity contribution in [3.63, 3.8) is 0 Å². The number of nitrogens with one attached hydrogen (secondary N) is 1. The van der Waals surface area contributed by atoms with E-state index in [1.807, 2.05) is 42.8 Å². The van der Waals surface area contributed by atoms with Crippen LogP contribution in [0.25, 0.3) is 11.4 Å². The van der Waals surface area contributed by atoms with Gasteiger partial charge in [-0.05, 0) is 49.2 Å². The molecule has 0 aliphatic heterocycles. The fourth-order valence-corrected chi connectivity index (χ4v) is 3.43. The second kappa shape index (κ2) is 5.79. The van der Waals surface area contributed by atoms with Gasteiger partial charge in [0.1, 0.15) is 4.88 Å². The number of tetrazole rings is 1. The molecule has 0 radical (unpaired) electrons. The fraction of sp³-hybridized carbons (Fsp3) is 0.312. The van der Waals surface area contributed by atoms with E-state index in [4.69, 9.17) is 0 Å². The number of benzene rings is 1. The lowest BCUT2D eigenvalue weighted by molar-refractivity contribution is 0.103. The van der Waals surface area contributed by atoms with E-state index in [1.165, 1.54) is 11.3 Å². The van der Waals surface area contributed by atoms with E-state index in [1.54, 1.807) is 0 Å². The first-order chi connectivity index (χ1) is 11.6. The van der Waals surface area contributed by atoms with Crippen molar-refractivity contribution in [2.75, 3.05) is 5.32 Å². The molecule has 122 valence electrons. The molecule has 7 nitrogen and oxygen atoms in total. The maximum absolute atomic E-state index is 12.4. The number of aryl methyl sites for hydroxylation is 2. The van der Waals surface area contributed by atoms with Gasteiger partial charge in [0.2, 0.25) is 0 Å². The number of carbonyl (C=O) groups is 1. The van der Waals surface area contributed by atoms with Gasteiger partial charge in [0.15, 0.2) is 5.82 Å². The average molecular weight is 340 g/mol. The quantitative estimate of drug-likeness (QED) is 0.789. The number of carbonyl (C=O) groups excluding carboxylic acids is 1. The number of rotatable bonds is 4. The molecule has 0 atom stereocenters. The maximum atomic E-state index is 12.4. The van der Waals surface area contributed by atoms with Crippen molar-refractivity contribution in [2.45, 2.75) is 32.7 Å². The first kappa shape index (κ1) is 14.9. The van der Waals surface area contributed by atoms with Crippen LogP contribution in [-0.2, 0) is 0 Å². The minimum Gasteiger partial charge on any atom is -0.321 e. The number of hydrogen-bond donors (Lipinski definition) is 1. The van der Waals surface area contributed by atoms with Crippen molar-refractivity contribution in [3.05, 3.63) is 39.8 Å². The lowest BCUT2D eigenvalue weighted by Crippen LogP contribution is -2.11. The smallest absolute Gasteiger partial charge is 0.267 e. The molecule has 0 bridgehead atoms. The van der Waals surface area contributed by atoms with E-state index in [0.717, 1.165) is 34.9 Å². The molecule has 8 heteroatoms. The third kappa shape index (κ3) is 2.80. The second-order valence-corrected chi connectivity index (χ2v) is 7.06. The van der Waals surface area contributed by atoms with E-state index >= 15 is 0 Å². The number of nitrogens with zero attached hydrogens (tertiary/aromatic N) is 5. The molecule has 1 aliphatic carbocycles. The zero-order valence-electron chi connectivity index (χ0n) is 13.4. The van der Waals surface area contributed by atoms with Gasteiger partial charge >= 0.3 is 0 Å². The van der Waals surface area contributed by atoms with Gasteiger partial charge in [-0.1, -0.05) is 12.1 Å². The SMILES string of the molecule is Cc1nc(C)c(C(=O)Nc2cccc(-c3nnnn3C3CC3)c2)s1. The molecule has 1 N–H and O–H groups in total. The maximum Gasteiger partial charge on any atom is 0.267 e. The van der Waals surface area contributed by atoms with Crippen LogP contribution in [0.15, 0.2) is 24.3 Å². The lowest BCUT2D eigenvalue weighted by Gasteiger charge is -2.07. The molecular formula is C16H16N6OS. The van der Waals surface area contributed by atoms with Crippen molar-refractivity contribution in [2.24, 2.45) is 0 Å². The third-order valence-corrected chi connectivity index (χ3v) is 4.95. The molecule has 24 heavy (non-hydrogen) atoms. The van der Waals surface area contributed by atoms with Gasteiger partial charge in [-0.2, -0.15) is 0 Å². The monoisotopic (exact) mass is 340 g/mol. The minimum atomic E-state index is -0.142. The van der Waals surface area contributed by atoms with Crippen molar-refractivity contribution in [1.29, 1.82) is 0 Å². The number of aromatic nitrogens is 5. The number of anilines is 1. The van der Waals surface area contributed by atoms with Crippen LogP contribution in [-0.4, -0.2) is 31.1 Å². The summed E-state index contributed by atoms with van der Waals surface area (Å²) in [4.78, 5) is 17.4. The highest BCUT2D eigenvalue weighted by Gasteiger charge is 2.28. The van der Waals surface area contributed by atoms with E-state index in [2.05, 4.69) is 25.8 Å². The van der Waals surface area contributed by atoms with Gasteiger partial charge in [-0.15, -0.1) is 16.4 Å². The Morgan fingerprint density at radius 2 is 2.17 bits per heavy atom. The fourth-order valence-electron chi connectivity index (χ4n) is 2.61. The molecule has 0 spiro atoms. The average Bonchev–Trinajstić information content (AvgIpc) is 3.18. The zero-order chi connectivity index (χ0) is 16.7. The van der Waals surface area contributed by atoms with Gasteiger partial charge in [0.25, 0.3) is 5.91 Å².